The van der Waals surface area contributed by atoms with E-state index in [9.17, 15) is 4.79 Å². The fourth-order valence-electron chi connectivity index (χ4n) is 5.16. The van der Waals surface area contributed by atoms with Gasteiger partial charge in [0.15, 0.2) is 0 Å². The summed E-state index contributed by atoms with van der Waals surface area (Å²) in [6.07, 6.45) is 8.37. The molecule has 2 aromatic carbocycles. The first-order valence-electron chi connectivity index (χ1n) is 8.50. The van der Waals surface area contributed by atoms with Crippen molar-refractivity contribution in [3.05, 3.63) is 53.6 Å². The molecule has 1 fully saturated rings. The number of rotatable bonds is 1. The van der Waals surface area contributed by atoms with Crippen LogP contribution in [0.3, 0.4) is 0 Å². The molecule has 0 N–H and O–H groups in total. The molecule has 2 aromatic rings. The maximum Gasteiger partial charge on any atom is 0.144 e. The lowest BCUT2D eigenvalue weighted by molar-refractivity contribution is -0.130. The Labute approximate surface area is 136 Å². The fourth-order valence-corrected chi connectivity index (χ4v) is 5.16. The molecule has 2 nitrogen and oxygen atoms in total. The van der Waals surface area contributed by atoms with Gasteiger partial charge in [-0.1, -0.05) is 30.4 Å². The summed E-state index contributed by atoms with van der Waals surface area (Å²) in [7, 11) is 1.70. The Kier molecular flexibility index (Phi) is 2.60. The van der Waals surface area contributed by atoms with E-state index in [1.54, 1.807) is 7.11 Å². The zero-order chi connectivity index (χ0) is 15.6. The summed E-state index contributed by atoms with van der Waals surface area (Å²) in [5, 5.41) is 2.33. The molecule has 0 aliphatic heterocycles. The number of ketones is 1. The lowest BCUT2D eigenvalue weighted by Gasteiger charge is -2.38. The zero-order valence-corrected chi connectivity index (χ0v) is 13.3. The fraction of sp³-hybridized carbons (Fsp3) is 0.381. The van der Waals surface area contributed by atoms with Crippen LogP contribution in [0.2, 0.25) is 0 Å². The molecule has 0 aromatic heterocycles. The number of fused-ring (bicyclic) bond motifs is 5. The highest BCUT2D eigenvalue weighted by atomic mass is 16.5. The van der Waals surface area contributed by atoms with Crippen LogP contribution in [0.1, 0.15) is 24.0 Å². The van der Waals surface area contributed by atoms with E-state index < -0.39 is 0 Å². The molecule has 1 spiro atoms. The monoisotopic (exact) mass is 304 g/mol. The van der Waals surface area contributed by atoms with E-state index in [0.29, 0.717) is 24.0 Å². The van der Waals surface area contributed by atoms with E-state index in [1.165, 1.54) is 22.9 Å². The van der Waals surface area contributed by atoms with Crippen LogP contribution in [0.5, 0.6) is 5.75 Å². The van der Waals surface area contributed by atoms with Crippen LogP contribution in [0.4, 0.5) is 0 Å². The SMILES string of the molecule is COc1cccc2cc3c(cc12)CC(=O)C1(C3)CC2C=CC1C2. The Bertz CT molecular complexity index is 864. The van der Waals surface area contributed by atoms with Crippen molar-refractivity contribution in [1.29, 1.82) is 0 Å². The predicted octanol–water partition coefficient (Wildman–Crippen LogP) is 4.10. The van der Waals surface area contributed by atoms with Crippen LogP contribution in [-0.2, 0) is 17.6 Å². The summed E-state index contributed by atoms with van der Waals surface area (Å²) in [6.45, 7) is 0. The van der Waals surface area contributed by atoms with Gasteiger partial charge >= 0.3 is 0 Å². The van der Waals surface area contributed by atoms with Gasteiger partial charge in [0.05, 0.1) is 7.11 Å². The van der Waals surface area contributed by atoms with Crippen molar-refractivity contribution in [2.24, 2.45) is 17.3 Å². The van der Waals surface area contributed by atoms with Gasteiger partial charge in [0.2, 0.25) is 0 Å². The highest BCUT2D eigenvalue weighted by Gasteiger charge is 2.54. The minimum atomic E-state index is -0.112. The second-order valence-electron chi connectivity index (χ2n) is 7.43. The summed E-state index contributed by atoms with van der Waals surface area (Å²) in [5.74, 6) is 2.44. The van der Waals surface area contributed by atoms with E-state index in [4.69, 9.17) is 4.74 Å². The summed E-state index contributed by atoms with van der Waals surface area (Å²) >= 11 is 0. The number of benzene rings is 2. The van der Waals surface area contributed by atoms with Gasteiger partial charge in [0.25, 0.3) is 0 Å². The normalized spacial score (nSPS) is 31.1. The molecule has 116 valence electrons. The number of hydrogen-bond donors (Lipinski definition) is 0. The van der Waals surface area contributed by atoms with E-state index in [-0.39, 0.29) is 5.41 Å². The van der Waals surface area contributed by atoms with Gasteiger partial charge in [-0.05, 0) is 59.7 Å². The number of methoxy groups -OCH3 is 1. The van der Waals surface area contributed by atoms with Gasteiger partial charge in [-0.3, -0.25) is 4.79 Å². The highest BCUT2D eigenvalue weighted by molar-refractivity contribution is 5.95. The second kappa shape index (κ2) is 4.47. The Balaban J connectivity index is 1.65. The molecule has 5 rings (SSSR count). The van der Waals surface area contributed by atoms with Crippen LogP contribution < -0.4 is 4.74 Å². The molecule has 2 bridgehead atoms. The molecule has 0 radical (unpaired) electrons. The number of allylic oxidation sites excluding steroid dienone is 2. The summed E-state index contributed by atoms with van der Waals surface area (Å²) in [4.78, 5) is 13.0. The van der Waals surface area contributed by atoms with E-state index in [0.717, 1.165) is 24.0 Å². The summed E-state index contributed by atoms with van der Waals surface area (Å²) in [5.41, 5.74) is 2.45. The van der Waals surface area contributed by atoms with E-state index >= 15 is 0 Å². The molecular formula is C21H20O2. The number of ether oxygens (including phenoxy) is 1. The third-order valence-corrected chi connectivity index (χ3v) is 6.30. The highest BCUT2D eigenvalue weighted by Crippen LogP contribution is 2.56. The smallest absolute Gasteiger partial charge is 0.144 e. The van der Waals surface area contributed by atoms with Crippen LogP contribution >= 0.6 is 0 Å². The van der Waals surface area contributed by atoms with Crippen LogP contribution in [0.25, 0.3) is 10.8 Å². The van der Waals surface area contributed by atoms with Gasteiger partial charge in [-0.2, -0.15) is 0 Å². The van der Waals surface area contributed by atoms with Crippen molar-refractivity contribution in [3.63, 3.8) is 0 Å². The minimum Gasteiger partial charge on any atom is -0.496 e. The quantitative estimate of drug-likeness (QED) is 0.742. The van der Waals surface area contributed by atoms with E-state index in [2.05, 4.69) is 30.4 Å². The number of Topliss-reactive ketones (excluding diaryl/α,β-unsaturated/α-hetero) is 1. The maximum atomic E-state index is 13.0. The predicted molar refractivity (Wildman–Crippen MR) is 90.7 cm³/mol. The first kappa shape index (κ1) is 13.4. The Hall–Kier alpha value is -2.09. The van der Waals surface area contributed by atoms with Crippen molar-refractivity contribution in [3.8, 4) is 5.75 Å². The molecule has 3 aliphatic carbocycles. The van der Waals surface area contributed by atoms with Crippen molar-refractivity contribution >= 4 is 16.6 Å². The third kappa shape index (κ3) is 1.72. The van der Waals surface area contributed by atoms with E-state index in [1.807, 2.05) is 12.1 Å². The molecule has 23 heavy (non-hydrogen) atoms. The Morgan fingerprint density at radius 2 is 2.09 bits per heavy atom. The summed E-state index contributed by atoms with van der Waals surface area (Å²) in [6, 6.07) is 10.6. The molecule has 0 amide bonds. The molecule has 3 atom stereocenters. The zero-order valence-electron chi connectivity index (χ0n) is 13.3. The molecule has 3 unspecified atom stereocenters. The van der Waals surface area contributed by atoms with Crippen molar-refractivity contribution < 1.29 is 9.53 Å². The first-order chi connectivity index (χ1) is 11.2. The van der Waals surface area contributed by atoms with Crippen LogP contribution in [0, 0.1) is 17.3 Å². The maximum absolute atomic E-state index is 13.0. The molecule has 2 heteroatoms. The third-order valence-electron chi connectivity index (χ3n) is 6.30. The Morgan fingerprint density at radius 3 is 2.83 bits per heavy atom. The standard InChI is InChI=1S/C21H20O2/c1-23-19-4-2-3-14-8-16-12-21(11-13-5-6-17(21)7-13)20(22)10-15(16)9-18(14)19/h2-6,8-9,13,17H,7,10-12H2,1H3. The molecule has 3 aliphatic rings. The van der Waals surface area contributed by atoms with Crippen LogP contribution in [0.15, 0.2) is 42.5 Å². The van der Waals surface area contributed by atoms with Gasteiger partial charge in [0, 0.05) is 17.2 Å². The van der Waals surface area contributed by atoms with Gasteiger partial charge in [-0.15, -0.1) is 0 Å². The number of carbonyl (C=O) groups excluding carboxylic acids is 1. The van der Waals surface area contributed by atoms with Gasteiger partial charge in [0.1, 0.15) is 11.5 Å². The summed E-state index contributed by atoms with van der Waals surface area (Å²) < 4.78 is 5.48. The minimum absolute atomic E-state index is 0.112. The number of carbonyl (C=O) groups is 1. The lowest BCUT2D eigenvalue weighted by Crippen LogP contribution is -2.41. The van der Waals surface area contributed by atoms with Crippen LogP contribution in [-0.4, -0.2) is 12.9 Å². The molecular weight excluding hydrogens is 284 g/mol. The average molecular weight is 304 g/mol. The average Bonchev–Trinajstić information content (AvgIpc) is 3.15. The first-order valence-corrected chi connectivity index (χ1v) is 8.50. The largest absolute Gasteiger partial charge is 0.496 e. The molecule has 0 saturated heterocycles. The van der Waals surface area contributed by atoms with Gasteiger partial charge in [-0.25, -0.2) is 0 Å². The molecule has 1 saturated carbocycles. The lowest BCUT2D eigenvalue weighted by atomic mass is 9.63. The Morgan fingerprint density at radius 1 is 1.17 bits per heavy atom. The molecule has 0 heterocycles. The second-order valence-corrected chi connectivity index (χ2v) is 7.43. The topological polar surface area (TPSA) is 26.3 Å². The van der Waals surface area contributed by atoms with Crippen molar-refractivity contribution in [1.82, 2.24) is 0 Å². The van der Waals surface area contributed by atoms with Crippen molar-refractivity contribution in [2.75, 3.05) is 7.11 Å². The number of hydrogen-bond acceptors (Lipinski definition) is 2. The van der Waals surface area contributed by atoms with Gasteiger partial charge < -0.3 is 4.74 Å². The van der Waals surface area contributed by atoms with Crippen molar-refractivity contribution in [2.45, 2.75) is 25.7 Å².